The van der Waals surface area contributed by atoms with Crippen LogP contribution in [-0.2, 0) is 17.5 Å². The summed E-state index contributed by atoms with van der Waals surface area (Å²) < 4.78 is 38.0. The van der Waals surface area contributed by atoms with E-state index >= 15 is 0 Å². The number of benzene rings is 2. The lowest BCUT2D eigenvalue weighted by atomic mass is 10.2. The molecule has 128 valence electrons. The molecule has 0 atom stereocenters. The van der Waals surface area contributed by atoms with E-state index in [-0.39, 0.29) is 17.8 Å². The first kappa shape index (κ1) is 18.1. The van der Waals surface area contributed by atoms with Crippen LogP contribution < -0.4 is 10.6 Å². The molecule has 0 spiro atoms. The first-order valence-corrected chi connectivity index (χ1v) is 7.26. The molecule has 2 aromatic carbocycles. The van der Waals surface area contributed by atoms with E-state index in [0.717, 1.165) is 23.9 Å². The molecule has 0 aliphatic rings. The van der Waals surface area contributed by atoms with E-state index in [4.69, 9.17) is 5.26 Å². The van der Waals surface area contributed by atoms with Gasteiger partial charge in [0.15, 0.2) is 0 Å². The highest BCUT2D eigenvalue weighted by Crippen LogP contribution is 2.30. The monoisotopic (exact) mass is 345 g/mol. The Morgan fingerprint density at radius 1 is 1.12 bits per heavy atom. The van der Waals surface area contributed by atoms with E-state index in [1.165, 1.54) is 12.1 Å². The summed E-state index contributed by atoms with van der Waals surface area (Å²) in [7, 11) is 0. The molecule has 25 heavy (non-hydrogen) atoms. The first-order chi connectivity index (χ1) is 11.9. The number of nitrogens with zero attached hydrogens (tertiary/aromatic N) is 1. The SMILES string of the molecule is N#C/C(=C\Nc1cccc(C(F)(F)F)c1)C(=O)NCc1ccccc1. The van der Waals surface area contributed by atoms with Gasteiger partial charge >= 0.3 is 6.18 Å². The number of alkyl halides is 3. The zero-order valence-electron chi connectivity index (χ0n) is 13.0. The number of anilines is 1. The van der Waals surface area contributed by atoms with Crippen molar-refractivity contribution in [2.45, 2.75) is 12.7 Å². The van der Waals surface area contributed by atoms with E-state index in [1.54, 1.807) is 6.07 Å². The van der Waals surface area contributed by atoms with Gasteiger partial charge in [-0.3, -0.25) is 4.79 Å². The third-order valence-corrected chi connectivity index (χ3v) is 3.23. The molecule has 0 bridgehead atoms. The minimum Gasteiger partial charge on any atom is -0.360 e. The summed E-state index contributed by atoms with van der Waals surface area (Å²) >= 11 is 0. The summed E-state index contributed by atoms with van der Waals surface area (Å²) in [4.78, 5) is 12.0. The molecule has 0 aliphatic carbocycles. The molecular formula is C18H14F3N3O. The average Bonchev–Trinajstić information content (AvgIpc) is 2.61. The number of hydrogen-bond acceptors (Lipinski definition) is 3. The van der Waals surface area contributed by atoms with Crippen LogP contribution in [0.2, 0.25) is 0 Å². The lowest BCUT2D eigenvalue weighted by Gasteiger charge is -2.09. The van der Waals surface area contributed by atoms with Gasteiger partial charge in [0, 0.05) is 18.4 Å². The largest absolute Gasteiger partial charge is 0.416 e. The number of rotatable bonds is 5. The smallest absolute Gasteiger partial charge is 0.360 e. The molecular weight excluding hydrogens is 331 g/mol. The molecule has 7 heteroatoms. The van der Waals surface area contributed by atoms with Gasteiger partial charge in [0.1, 0.15) is 11.6 Å². The van der Waals surface area contributed by atoms with E-state index in [0.29, 0.717) is 0 Å². The summed E-state index contributed by atoms with van der Waals surface area (Å²) in [6.45, 7) is 0.238. The van der Waals surface area contributed by atoms with Gasteiger partial charge < -0.3 is 10.6 Å². The van der Waals surface area contributed by atoms with Gasteiger partial charge in [-0.15, -0.1) is 0 Å². The molecule has 0 heterocycles. The maximum Gasteiger partial charge on any atom is 0.416 e. The molecule has 1 amide bonds. The van der Waals surface area contributed by atoms with Crippen molar-refractivity contribution >= 4 is 11.6 Å². The predicted molar refractivity (Wildman–Crippen MR) is 87.1 cm³/mol. The van der Waals surface area contributed by atoms with Crippen molar-refractivity contribution in [3.05, 3.63) is 77.5 Å². The molecule has 2 rings (SSSR count). The van der Waals surface area contributed by atoms with Crippen LogP contribution in [0.3, 0.4) is 0 Å². The van der Waals surface area contributed by atoms with Crippen LogP contribution in [0.25, 0.3) is 0 Å². The summed E-state index contributed by atoms with van der Waals surface area (Å²) in [5.41, 5.74) is -0.0799. The highest BCUT2D eigenvalue weighted by Gasteiger charge is 2.30. The third kappa shape index (κ3) is 5.39. The summed E-state index contributed by atoms with van der Waals surface area (Å²) in [6.07, 6.45) is -3.39. The minimum absolute atomic E-state index is 0.124. The Kier molecular flexibility index (Phi) is 5.79. The average molecular weight is 345 g/mol. The van der Waals surface area contributed by atoms with Crippen LogP contribution in [0.15, 0.2) is 66.4 Å². The van der Waals surface area contributed by atoms with E-state index in [2.05, 4.69) is 10.6 Å². The van der Waals surface area contributed by atoms with Crippen LogP contribution in [0.4, 0.5) is 18.9 Å². The maximum absolute atomic E-state index is 12.7. The highest BCUT2D eigenvalue weighted by atomic mass is 19.4. The molecule has 2 aromatic rings. The number of amides is 1. The lowest BCUT2D eigenvalue weighted by Crippen LogP contribution is -2.24. The van der Waals surface area contributed by atoms with Crippen LogP contribution in [0.1, 0.15) is 11.1 Å². The third-order valence-electron chi connectivity index (χ3n) is 3.23. The van der Waals surface area contributed by atoms with Gasteiger partial charge in [-0.05, 0) is 23.8 Å². The fourth-order valence-electron chi connectivity index (χ4n) is 1.96. The van der Waals surface area contributed by atoms with Gasteiger partial charge in [0.25, 0.3) is 5.91 Å². The second kappa shape index (κ2) is 8.02. The number of nitriles is 1. The molecule has 0 saturated heterocycles. The van der Waals surface area contributed by atoms with Gasteiger partial charge in [-0.25, -0.2) is 0 Å². The van der Waals surface area contributed by atoms with Crippen molar-refractivity contribution in [1.82, 2.24) is 5.32 Å². The Hall–Kier alpha value is -3.27. The molecule has 0 fully saturated rings. The van der Waals surface area contributed by atoms with E-state index in [1.807, 2.05) is 30.3 Å². The van der Waals surface area contributed by atoms with Crippen molar-refractivity contribution in [1.29, 1.82) is 5.26 Å². The Morgan fingerprint density at radius 2 is 1.84 bits per heavy atom. The van der Waals surface area contributed by atoms with Crippen LogP contribution in [0, 0.1) is 11.3 Å². The number of nitrogens with one attached hydrogen (secondary N) is 2. The van der Waals surface area contributed by atoms with Crippen LogP contribution >= 0.6 is 0 Å². The Labute approximate surface area is 142 Å². The molecule has 0 unspecified atom stereocenters. The minimum atomic E-state index is -4.47. The lowest BCUT2D eigenvalue weighted by molar-refractivity contribution is -0.137. The Morgan fingerprint density at radius 3 is 2.48 bits per heavy atom. The van der Waals surface area contributed by atoms with Gasteiger partial charge in [0.05, 0.1) is 5.56 Å². The second-order valence-electron chi connectivity index (χ2n) is 5.06. The standard InChI is InChI=1S/C18H14F3N3O/c19-18(20,21)15-7-4-8-16(9-15)23-12-14(10-22)17(25)24-11-13-5-2-1-3-6-13/h1-9,12,23H,11H2,(H,24,25)/b14-12+. The van der Waals surface area contributed by atoms with Crippen LogP contribution in [0.5, 0.6) is 0 Å². The van der Waals surface area contributed by atoms with Gasteiger partial charge in [-0.2, -0.15) is 18.4 Å². The summed E-state index contributed by atoms with van der Waals surface area (Å²) in [5.74, 6) is -0.620. The molecule has 0 aromatic heterocycles. The quantitative estimate of drug-likeness (QED) is 0.639. The number of halogens is 3. The van der Waals surface area contributed by atoms with E-state index in [9.17, 15) is 18.0 Å². The van der Waals surface area contributed by atoms with Gasteiger partial charge in [0.2, 0.25) is 0 Å². The molecule has 0 saturated carbocycles. The molecule has 0 aliphatic heterocycles. The van der Waals surface area contributed by atoms with Crippen molar-refractivity contribution in [2.24, 2.45) is 0 Å². The van der Waals surface area contributed by atoms with Crippen LogP contribution in [-0.4, -0.2) is 5.91 Å². The Bertz CT molecular complexity index is 808. The number of carbonyl (C=O) groups excluding carboxylic acids is 1. The van der Waals surface area contributed by atoms with Gasteiger partial charge in [-0.1, -0.05) is 36.4 Å². The summed E-state index contributed by atoms with van der Waals surface area (Å²) in [5, 5.41) is 14.2. The zero-order chi connectivity index (χ0) is 18.3. The van der Waals surface area contributed by atoms with Crippen molar-refractivity contribution in [3.8, 4) is 6.07 Å². The molecule has 2 N–H and O–H groups in total. The van der Waals surface area contributed by atoms with E-state index < -0.39 is 17.6 Å². The number of carbonyl (C=O) groups is 1. The number of hydrogen-bond donors (Lipinski definition) is 2. The fraction of sp³-hybridized carbons (Fsp3) is 0.111. The molecule has 0 radical (unpaired) electrons. The normalized spacial score (nSPS) is 11.5. The Balaban J connectivity index is 2.02. The maximum atomic E-state index is 12.7. The predicted octanol–water partition coefficient (Wildman–Crippen LogP) is 3.84. The highest BCUT2D eigenvalue weighted by molar-refractivity contribution is 5.97. The first-order valence-electron chi connectivity index (χ1n) is 7.26. The topological polar surface area (TPSA) is 64.9 Å². The molecule has 4 nitrogen and oxygen atoms in total. The fourth-order valence-corrected chi connectivity index (χ4v) is 1.96. The van der Waals surface area contributed by atoms with Crippen molar-refractivity contribution in [3.63, 3.8) is 0 Å². The van der Waals surface area contributed by atoms with Crippen molar-refractivity contribution < 1.29 is 18.0 Å². The second-order valence-corrected chi connectivity index (χ2v) is 5.06. The van der Waals surface area contributed by atoms with Crippen molar-refractivity contribution in [2.75, 3.05) is 5.32 Å². The zero-order valence-corrected chi connectivity index (χ0v) is 13.0. The summed E-state index contributed by atoms with van der Waals surface area (Å²) in [6, 6.07) is 15.3.